The molecule has 13 heavy (non-hydrogen) atoms. The van der Waals surface area contributed by atoms with Crippen molar-refractivity contribution in [2.24, 2.45) is 6.98 Å². The molecule has 0 aliphatic rings. The molecule has 0 amide bonds. The molecular formula is C10H10BrNO. The largest absolute Gasteiger partial charge is 0.493 e. The van der Waals surface area contributed by atoms with Gasteiger partial charge in [-0.25, -0.2) is 0 Å². The Morgan fingerprint density at radius 2 is 2.31 bits per heavy atom. The van der Waals surface area contributed by atoms with E-state index in [1.54, 1.807) is 12.3 Å². The second kappa shape index (κ2) is 3.07. The highest BCUT2D eigenvalue weighted by Crippen LogP contribution is 2.33. The zero-order valence-electron chi connectivity index (χ0n) is 10.0. The van der Waals surface area contributed by atoms with Crippen molar-refractivity contribution < 1.29 is 8.85 Å². The molecule has 0 radical (unpaired) electrons. The molecule has 0 atom stereocenters. The van der Waals surface area contributed by atoms with Gasteiger partial charge in [0.1, 0.15) is 0 Å². The van der Waals surface area contributed by atoms with Crippen molar-refractivity contribution in [1.82, 2.24) is 4.57 Å². The summed E-state index contributed by atoms with van der Waals surface area (Å²) in [4.78, 5) is 0. The van der Waals surface area contributed by atoms with Crippen molar-refractivity contribution in [3.63, 3.8) is 0 Å². The van der Waals surface area contributed by atoms with Gasteiger partial charge >= 0.3 is 0 Å². The Bertz CT molecular complexity index is 533. The minimum atomic E-state index is -2.20. The van der Waals surface area contributed by atoms with Gasteiger partial charge in [-0.2, -0.15) is 0 Å². The van der Waals surface area contributed by atoms with Crippen LogP contribution in [-0.2, 0) is 6.98 Å². The monoisotopic (exact) mass is 242 g/mol. The van der Waals surface area contributed by atoms with Crippen LogP contribution in [-0.4, -0.2) is 11.7 Å². The smallest absolute Gasteiger partial charge is 0.157 e. The Morgan fingerprint density at radius 3 is 3.00 bits per heavy atom. The number of ether oxygens (including phenoxy) is 1. The fourth-order valence-electron chi connectivity index (χ4n) is 1.37. The lowest BCUT2D eigenvalue weighted by atomic mass is 10.2. The average molecular weight is 243 g/mol. The number of fused-ring (bicyclic) bond motifs is 1. The van der Waals surface area contributed by atoms with E-state index in [9.17, 15) is 0 Å². The molecule has 0 bridgehead atoms. The number of aromatic nitrogens is 1. The molecule has 0 aliphatic carbocycles. The topological polar surface area (TPSA) is 14.2 Å². The molecule has 1 aromatic carbocycles. The SMILES string of the molecule is [2H]C([2H])([2H])n1ccc2ccc(Br)c(OC)c21. The number of halogens is 1. The van der Waals surface area contributed by atoms with Crippen molar-refractivity contribution in [1.29, 1.82) is 0 Å². The van der Waals surface area contributed by atoms with Crippen LogP contribution in [0.3, 0.4) is 0 Å². The molecule has 0 aliphatic heterocycles. The summed E-state index contributed by atoms with van der Waals surface area (Å²) in [6.07, 6.45) is 1.55. The number of rotatable bonds is 1. The van der Waals surface area contributed by atoms with Gasteiger partial charge in [0.15, 0.2) is 5.75 Å². The van der Waals surface area contributed by atoms with Crippen LogP contribution in [0, 0.1) is 0 Å². The third kappa shape index (κ3) is 1.23. The van der Waals surface area contributed by atoms with E-state index < -0.39 is 6.98 Å². The molecule has 2 aromatic rings. The first-order chi connectivity index (χ1) is 7.45. The Labute approximate surface area is 89.5 Å². The summed E-state index contributed by atoms with van der Waals surface area (Å²) in [5.41, 5.74) is 0.580. The number of hydrogen-bond donors (Lipinski definition) is 0. The normalized spacial score (nSPS) is 15.1. The van der Waals surface area contributed by atoms with E-state index >= 15 is 0 Å². The first-order valence-corrected chi connectivity index (χ1v) is 4.58. The van der Waals surface area contributed by atoms with Gasteiger partial charge in [-0.15, -0.1) is 0 Å². The lowest BCUT2D eigenvalue weighted by molar-refractivity contribution is 0.415. The predicted molar refractivity (Wildman–Crippen MR) is 57.2 cm³/mol. The number of methoxy groups -OCH3 is 1. The summed E-state index contributed by atoms with van der Waals surface area (Å²) < 4.78 is 29.5. The van der Waals surface area contributed by atoms with Gasteiger partial charge < -0.3 is 9.30 Å². The van der Waals surface area contributed by atoms with Gasteiger partial charge in [0.05, 0.1) is 17.1 Å². The Balaban J connectivity index is 2.83. The van der Waals surface area contributed by atoms with Gasteiger partial charge in [0, 0.05) is 22.7 Å². The molecule has 0 N–H and O–H groups in total. The van der Waals surface area contributed by atoms with Crippen molar-refractivity contribution >= 4 is 26.8 Å². The average Bonchev–Trinajstić information content (AvgIpc) is 2.60. The Hall–Kier alpha value is -0.960. The van der Waals surface area contributed by atoms with Crippen LogP contribution in [0.25, 0.3) is 10.9 Å². The van der Waals surface area contributed by atoms with Gasteiger partial charge in [-0.3, -0.25) is 0 Å². The maximum absolute atomic E-state index is 7.44. The van der Waals surface area contributed by atoms with E-state index in [-0.39, 0.29) is 0 Å². The zero-order chi connectivity index (χ0) is 11.9. The van der Waals surface area contributed by atoms with E-state index in [0.29, 0.717) is 11.3 Å². The van der Waals surface area contributed by atoms with Crippen molar-refractivity contribution in [3.8, 4) is 5.75 Å². The number of aryl methyl sites for hydroxylation is 1. The first kappa shape index (κ1) is 5.70. The second-order valence-corrected chi connectivity index (χ2v) is 3.56. The van der Waals surface area contributed by atoms with Crippen molar-refractivity contribution in [2.75, 3.05) is 7.11 Å². The number of benzene rings is 1. The summed E-state index contributed by atoms with van der Waals surface area (Å²) in [6, 6.07) is 5.45. The minimum Gasteiger partial charge on any atom is -0.493 e. The molecule has 2 rings (SSSR count). The molecule has 0 saturated carbocycles. The van der Waals surface area contributed by atoms with Crippen LogP contribution < -0.4 is 4.74 Å². The molecule has 0 saturated heterocycles. The quantitative estimate of drug-likeness (QED) is 0.751. The van der Waals surface area contributed by atoms with E-state index in [0.717, 1.165) is 9.86 Å². The standard InChI is InChI=1S/C10H10BrNO/c1-12-6-5-7-3-4-8(11)10(13-2)9(7)12/h3-6H,1-2H3/i1D3. The molecule has 1 aromatic heterocycles. The van der Waals surface area contributed by atoms with Gasteiger partial charge in [-0.1, -0.05) is 6.07 Å². The van der Waals surface area contributed by atoms with E-state index in [4.69, 9.17) is 8.85 Å². The maximum atomic E-state index is 7.44. The van der Waals surface area contributed by atoms with Gasteiger partial charge in [0.2, 0.25) is 0 Å². The summed E-state index contributed by atoms with van der Waals surface area (Å²) in [6.45, 7) is -2.20. The highest BCUT2D eigenvalue weighted by atomic mass is 79.9. The summed E-state index contributed by atoms with van der Waals surface area (Å²) in [5, 5.41) is 0.844. The van der Waals surface area contributed by atoms with Crippen molar-refractivity contribution in [2.45, 2.75) is 0 Å². The van der Waals surface area contributed by atoms with Crippen molar-refractivity contribution in [3.05, 3.63) is 28.9 Å². The van der Waals surface area contributed by atoms with Gasteiger partial charge in [-0.05, 0) is 28.1 Å². The van der Waals surface area contributed by atoms with Crippen LogP contribution in [0.5, 0.6) is 5.75 Å². The molecule has 0 unspecified atom stereocenters. The highest BCUT2D eigenvalue weighted by molar-refractivity contribution is 9.10. The minimum absolute atomic E-state index is 0.540. The molecule has 1 heterocycles. The molecular weight excluding hydrogens is 230 g/mol. The Morgan fingerprint density at radius 1 is 1.46 bits per heavy atom. The van der Waals surface area contributed by atoms with E-state index in [2.05, 4.69) is 15.9 Å². The van der Waals surface area contributed by atoms with Crippen LogP contribution in [0.15, 0.2) is 28.9 Å². The maximum Gasteiger partial charge on any atom is 0.157 e. The summed E-state index contributed by atoms with van der Waals surface area (Å²) in [5.74, 6) is 0.540. The molecule has 0 fully saturated rings. The fraction of sp³-hybridized carbons (Fsp3) is 0.200. The predicted octanol–water partition coefficient (Wildman–Crippen LogP) is 2.95. The lowest BCUT2D eigenvalue weighted by Crippen LogP contribution is -1.91. The van der Waals surface area contributed by atoms with Crippen LogP contribution in [0.1, 0.15) is 4.11 Å². The van der Waals surface area contributed by atoms with E-state index in [1.165, 1.54) is 11.7 Å². The summed E-state index contributed by atoms with van der Waals surface area (Å²) >= 11 is 3.34. The van der Waals surface area contributed by atoms with Crippen LogP contribution >= 0.6 is 15.9 Å². The summed E-state index contributed by atoms with van der Waals surface area (Å²) in [7, 11) is 1.52. The Kier molecular flexibility index (Phi) is 1.35. The molecule has 68 valence electrons. The van der Waals surface area contributed by atoms with E-state index in [1.807, 2.05) is 12.1 Å². The van der Waals surface area contributed by atoms with Crippen LogP contribution in [0.2, 0.25) is 0 Å². The number of hydrogen-bond acceptors (Lipinski definition) is 1. The molecule has 0 spiro atoms. The van der Waals surface area contributed by atoms with Gasteiger partial charge in [0.25, 0.3) is 0 Å². The zero-order valence-corrected chi connectivity index (χ0v) is 8.63. The third-order valence-corrected chi connectivity index (χ3v) is 2.59. The fourth-order valence-corrected chi connectivity index (χ4v) is 1.85. The number of nitrogens with zero attached hydrogens (tertiary/aromatic N) is 1. The highest BCUT2D eigenvalue weighted by Gasteiger charge is 2.08. The third-order valence-electron chi connectivity index (χ3n) is 1.96. The molecule has 3 heteroatoms. The second-order valence-electron chi connectivity index (χ2n) is 2.70. The lowest BCUT2D eigenvalue weighted by Gasteiger charge is -2.06. The molecule has 2 nitrogen and oxygen atoms in total. The first-order valence-electron chi connectivity index (χ1n) is 5.29. The van der Waals surface area contributed by atoms with Crippen LogP contribution in [0.4, 0.5) is 0 Å².